The van der Waals surface area contributed by atoms with Crippen LogP contribution < -0.4 is 0 Å². The minimum atomic E-state index is -0.0155. The molecule has 1 aromatic heterocycles. The van der Waals surface area contributed by atoms with E-state index in [0.29, 0.717) is 17.9 Å². The van der Waals surface area contributed by atoms with Crippen LogP contribution in [0.3, 0.4) is 0 Å². The summed E-state index contributed by atoms with van der Waals surface area (Å²) in [6.07, 6.45) is 0. The third-order valence-corrected chi connectivity index (χ3v) is 6.59. The lowest BCUT2D eigenvalue weighted by Crippen LogP contribution is -2.34. The number of nitriles is 1. The van der Waals surface area contributed by atoms with Crippen molar-refractivity contribution in [1.29, 1.82) is 5.26 Å². The van der Waals surface area contributed by atoms with E-state index in [1.165, 1.54) is 4.70 Å². The van der Waals surface area contributed by atoms with E-state index in [1.807, 2.05) is 49.1 Å². The second-order valence-corrected chi connectivity index (χ2v) is 8.26. The number of amides is 1. The largest absolute Gasteiger partial charge is 0.336 e. The van der Waals surface area contributed by atoms with Gasteiger partial charge < -0.3 is 4.90 Å². The Balaban J connectivity index is 1.58. The fourth-order valence-corrected chi connectivity index (χ4v) is 4.90. The van der Waals surface area contributed by atoms with Gasteiger partial charge in [-0.1, -0.05) is 24.3 Å². The number of aromatic nitrogens is 1. The molecule has 0 fully saturated rings. The number of thioether (sulfide) groups is 1. The van der Waals surface area contributed by atoms with Gasteiger partial charge in [0.05, 0.1) is 33.6 Å². The topological polar surface area (TPSA) is 57.0 Å². The van der Waals surface area contributed by atoms with E-state index < -0.39 is 0 Å². The van der Waals surface area contributed by atoms with E-state index in [-0.39, 0.29) is 11.9 Å². The number of carbonyl (C=O) groups excluding carboxylic acids is 1. The Kier molecular flexibility index (Phi) is 6.49. The van der Waals surface area contributed by atoms with Crippen molar-refractivity contribution in [3.63, 3.8) is 0 Å². The Morgan fingerprint density at radius 2 is 2.00 bits per heavy atom. The highest BCUT2D eigenvalue weighted by Crippen LogP contribution is 2.26. The van der Waals surface area contributed by atoms with Crippen molar-refractivity contribution in [2.24, 2.45) is 0 Å². The molecule has 6 heteroatoms. The first kappa shape index (κ1) is 19.4. The predicted molar refractivity (Wildman–Crippen MR) is 113 cm³/mol. The maximum absolute atomic E-state index is 12.7. The molecule has 0 bridgehead atoms. The third-order valence-electron chi connectivity index (χ3n) is 4.44. The fourth-order valence-electron chi connectivity index (χ4n) is 2.97. The first-order valence-corrected chi connectivity index (χ1v) is 10.8. The van der Waals surface area contributed by atoms with Crippen LogP contribution in [0.2, 0.25) is 0 Å². The molecule has 3 aromatic rings. The summed E-state index contributed by atoms with van der Waals surface area (Å²) in [5.41, 5.74) is 2.70. The van der Waals surface area contributed by atoms with Crippen molar-refractivity contribution in [3.8, 4) is 6.07 Å². The molecule has 0 aliphatic rings. The molecule has 0 saturated heterocycles. The molecule has 1 heterocycles. The third kappa shape index (κ3) is 4.68. The van der Waals surface area contributed by atoms with Crippen LogP contribution in [-0.2, 0) is 10.5 Å². The van der Waals surface area contributed by atoms with Gasteiger partial charge >= 0.3 is 0 Å². The Morgan fingerprint density at radius 3 is 2.67 bits per heavy atom. The molecular weight excluding hydrogens is 374 g/mol. The van der Waals surface area contributed by atoms with Crippen molar-refractivity contribution in [1.82, 2.24) is 9.88 Å². The summed E-state index contributed by atoms with van der Waals surface area (Å²) in [5.74, 6) is 1.30. The van der Waals surface area contributed by atoms with Gasteiger partial charge in [-0.3, -0.25) is 4.79 Å². The highest BCUT2D eigenvalue weighted by molar-refractivity contribution is 7.99. The van der Waals surface area contributed by atoms with Gasteiger partial charge in [-0.15, -0.1) is 23.1 Å². The highest BCUT2D eigenvalue weighted by atomic mass is 32.2. The molecule has 4 nitrogen and oxygen atoms in total. The smallest absolute Gasteiger partial charge is 0.233 e. The monoisotopic (exact) mass is 395 g/mol. The predicted octanol–water partition coefficient (Wildman–Crippen LogP) is 5.01. The standard InChI is InChI=1S/C21H21N3OS2/c1-3-24(15(2)17-10-8-16(12-22)9-11-17)21(25)14-26-13-20-23-18-6-4-5-7-19(18)27-20/h4-11,15H,3,13-14H2,1-2H3. The van der Waals surface area contributed by atoms with Gasteiger partial charge in [0.25, 0.3) is 0 Å². The molecule has 0 aliphatic heterocycles. The van der Waals surface area contributed by atoms with Crippen LogP contribution in [0.25, 0.3) is 10.2 Å². The van der Waals surface area contributed by atoms with Crippen LogP contribution in [0.4, 0.5) is 0 Å². The number of benzene rings is 2. The van der Waals surface area contributed by atoms with Crippen molar-refractivity contribution in [3.05, 3.63) is 64.7 Å². The summed E-state index contributed by atoms with van der Waals surface area (Å²) in [7, 11) is 0. The number of hydrogen-bond acceptors (Lipinski definition) is 5. The van der Waals surface area contributed by atoms with E-state index in [0.717, 1.165) is 21.8 Å². The maximum Gasteiger partial charge on any atom is 0.233 e. The maximum atomic E-state index is 12.7. The Labute approximate surface area is 167 Å². The van der Waals surface area contributed by atoms with E-state index in [2.05, 4.69) is 17.1 Å². The lowest BCUT2D eigenvalue weighted by Gasteiger charge is -2.28. The van der Waals surface area contributed by atoms with Gasteiger partial charge in [-0.05, 0) is 43.7 Å². The molecular formula is C21H21N3OS2. The minimum absolute atomic E-state index is 0.0155. The molecule has 138 valence electrons. The lowest BCUT2D eigenvalue weighted by molar-refractivity contribution is -0.130. The van der Waals surface area contributed by atoms with E-state index >= 15 is 0 Å². The van der Waals surface area contributed by atoms with Crippen LogP contribution in [-0.4, -0.2) is 28.1 Å². The second-order valence-electron chi connectivity index (χ2n) is 6.16. The molecule has 0 saturated carbocycles. The molecule has 27 heavy (non-hydrogen) atoms. The summed E-state index contributed by atoms with van der Waals surface area (Å²) in [6, 6.07) is 17.7. The fraction of sp³-hybridized carbons (Fsp3) is 0.286. The molecule has 1 amide bonds. The molecule has 1 atom stereocenters. The Hall–Kier alpha value is -2.36. The normalized spacial score (nSPS) is 11.9. The molecule has 1 unspecified atom stereocenters. The van der Waals surface area contributed by atoms with Gasteiger partial charge in [0, 0.05) is 12.3 Å². The number of fused-ring (bicyclic) bond motifs is 1. The Morgan fingerprint density at radius 1 is 1.26 bits per heavy atom. The summed E-state index contributed by atoms with van der Waals surface area (Å²) in [5, 5.41) is 9.98. The number of hydrogen-bond donors (Lipinski definition) is 0. The van der Waals surface area contributed by atoms with E-state index in [1.54, 1.807) is 35.2 Å². The number of thiazole rings is 1. The van der Waals surface area contributed by atoms with Gasteiger partial charge in [-0.2, -0.15) is 5.26 Å². The summed E-state index contributed by atoms with van der Waals surface area (Å²) in [4.78, 5) is 19.2. The highest BCUT2D eigenvalue weighted by Gasteiger charge is 2.20. The zero-order valence-corrected chi connectivity index (χ0v) is 17.0. The van der Waals surface area contributed by atoms with Crippen molar-refractivity contribution >= 4 is 39.2 Å². The number of rotatable bonds is 7. The molecule has 3 rings (SSSR count). The first-order chi connectivity index (χ1) is 13.1. The zero-order chi connectivity index (χ0) is 19.2. The molecule has 0 aliphatic carbocycles. The van der Waals surface area contributed by atoms with Crippen LogP contribution in [0, 0.1) is 11.3 Å². The number of carbonyl (C=O) groups is 1. The summed E-state index contributed by atoms with van der Waals surface area (Å²) in [6.45, 7) is 4.68. The summed E-state index contributed by atoms with van der Waals surface area (Å²) < 4.78 is 1.18. The molecule has 2 aromatic carbocycles. The Bertz CT molecular complexity index is 926. The first-order valence-electron chi connectivity index (χ1n) is 8.84. The molecule has 0 spiro atoms. The van der Waals surface area contributed by atoms with Crippen LogP contribution in [0.1, 0.15) is 36.0 Å². The molecule has 0 N–H and O–H groups in total. The van der Waals surface area contributed by atoms with Gasteiger partial charge in [0.2, 0.25) is 5.91 Å². The minimum Gasteiger partial charge on any atom is -0.336 e. The lowest BCUT2D eigenvalue weighted by atomic mass is 10.1. The van der Waals surface area contributed by atoms with Crippen molar-refractivity contribution in [2.45, 2.75) is 25.6 Å². The van der Waals surface area contributed by atoms with E-state index in [9.17, 15) is 4.79 Å². The van der Waals surface area contributed by atoms with Crippen molar-refractivity contribution < 1.29 is 4.79 Å². The quantitative estimate of drug-likeness (QED) is 0.564. The zero-order valence-electron chi connectivity index (χ0n) is 15.4. The van der Waals surface area contributed by atoms with Gasteiger partial charge in [0.1, 0.15) is 5.01 Å². The SMILES string of the molecule is CCN(C(=O)CSCc1nc2ccccc2s1)C(C)c1ccc(C#N)cc1. The summed E-state index contributed by atoms with van der Waals surface area (Å²) >= 11 is 3.29. The van der Waals surface area contributed by atoms with Gasteiger partial charge in [-0.25, -0.2) is 4.98 Å². The average molecular weight is 396 g/mol. The molecule has 0 radical (unpaired) electrons. The van der Waals surface area contributed by atoms with Crippen LogP contribution >= 0.6 is 23.1 Å². The van der Waals surface area contributed by atoms with Gasteiger partial charge in [0.15, 0.2) is 0 Å². The van der Waals surface area contributed by atoms with Crippen LogP contribution in [0.15, 0.2) is 48.5 Å². The average Bonchev–Trinajstić information content (AvgIpc) is 3.11. The van der Waals surface area contributed by atoms with Crippen molar-refractivity contribution in [2.75, 3.05) is 12.3 Å². The second kappa shape index (κ2) is 9.03. The number of para-hydroxylation sites is 1. The van der Waals surface area contributed by atoms with E-state index in [4.69, 9.17) is 5.26 Å². The number of nitrogens with zero attached hydrogens (tertiary/aromatic N) is 3. The van der Waals surface area contributed by atoms with Crippen LogP contribution in [0.5, 0.6) is 0 Å².